The smallest absolute Gasteiger partial charge is 0.337 e. The van der Waals surface area contributed by atoms with Gasteiger partial charge in [0.2, 0.25) is 0 Å². The maximum absolute atomic E-state index is 10.9. The summed E-state index contributed by atoms with van der Waals surface area (Å²) in [7, 11) is 0. The minimum Gasteiger partial charge on any atom is -0.478 e. The molecule has 1 aromatic carbocycles. The van der Waals surface area contributed by atoms with Crippen LogP contribution in [0.25, 0.3) is 0 Å². The van der Waals surface area contributed by atoms with Gasteiger partial charge < -0.3 is 10.0 Å². The first-order chi connectivity index (χ1) is 8.00. The van der Waals surface area contributed by atoms with Gasteiger partial charge in [0.1, 0.15) is 0 Å². The lowest BCUT2D eigenvalue weighted by Gasteiger charge is -2.29. The van der Waals surface area contributed by atoms with Gasteiger partial charge in [-0.1, -0.05) is 11.6 Å². The monoisotopic (exact) mass is 253 g/mol. The Morgan fingerprint density at radius 1 is 1.35 bits per heavy atom. The van der Waals surface area contributed by atoms with Crippen molar-refractivity contribution in [2.24, 2.45) is 0 Å². The van der Waals surface area contributed by atoms with Gasteiger partial charge >= 0.3 is 5.97 Å². The van der Waals surface area contributed by atoms with Crippen molar-refractivity contribution >= 4 is 23.3 Å². The number of carboxylic acid groups (broad SMARTS) is 1. The summed E-state index contributed by atoms with van der Waals surface area (Å²) in [6.45, 7) is 4.37. The molecule has 0 bridgehead atoms. The first kappa shape index (κ1) is 12.2. The molecule has 92 valence electrons. The van der Waals surface area contributed by atoms with E-state index in [1.165, 1.54) is 12.8 Å². The Kier molecular flexibility index (Phi) is 3.29. The highest BCUT2D eigenvalue weighted by atomic mass is 35.5. The molecule has 2 atom stereocenters. The Labute approximate surface area is 106 Å². The summed E-state index contributed by atoms with van der Waals surface area (Å²) in [5.41, 5.74) is 1.17. The lowest BCUT2D eigenvalue weighted by atomic mass is 10.1. The number of hydrogen-bond acceptors (Lipinski definition) is 2. The number of carboxylic acids is 1. The lowest BCUT2D eigenvalue weighted by molar-refractivity contribution is 0.0697. The number of benzene rings is 1. The molecule has 1 aromatic rings. The van der Waals surface area contributed by atoms with Crippen molar-refractivity contribution < 1.29 is 9.90 Å². The van der Waals surface area contributed by atoms with Gasteiger partial charge in [-0.15, -0.1) is 0 Å². The standard InChI is InChI=1S/C13H16ClNO2/c1-8-3-4-9(2)15(8)10-5-6-11(13(16)17)12(14)7-10/h5-9H,3-4H2,1-2H3,(H,16,17). The van der Waals surface area contributed by atoms with Crippen LogP contribution in [0.2, 0.25) is 5.02 Å². The van der Waals surface area contributed by atoms with E-state index in [2.05, 4.69) is 18.7 Å². The molecule has 2 rings (SSSR count). The molecule has 1 fully saturated rings. The van der Waals surface area contributed by atoms with E-state index < -0.39 is 5.97 Å². The van der Waals surface area contributed by atoms with E-state index in [0.29, 0.717) is 17.1 Å². The second kappa shape index (κ2) is 4.57. The molecule has 0 spiro atoms. The van der Waals surface area contributed by atoms with Crippen molar-refractivity contribution in [3.05, 3.63) is 28.8 Å². The molecule has 0 aliphatic carbocycles. The number of rotatable bonds is 2. The Morgan fingerprint density at radius 2 is 1.94 bits per heavy atom. The molecule has 1 saturated heterocycles. The van der Waals surface area contributed by atoms with E-state index in [1.807, 2.05) is 6.07 Å². The normalized spacial score (nSPS) is 24.1. The molecule has 1 aliphatic heterocycles. The van der Waals surface area contributed by atoms with Crippen molar-refractivity contribution in [3.8, 4) is 0 Å². The van der Waals surface area contributed by atoms with Gasteiger partial charge in [0.05, 0.1) is 10.6 Å². The molecule has 0 aromatic heterocycles. The van der Waals surface area contributed by atoms with Gasteiger partial charge in [0.25, 0.3) is 0 Å². The van der Waals surface area contributed by atoms with Crippen molar-refractivity contribution in [2.45, 2.75) is 38.8 Å². The minimum atomic E-state index is -0.982. The average Bonchev–Trinajstić information content (AvgIpc) is 2.58. The molecule has 1 N–H and O–H groups in total. The summed E-state index contributed by atoms with van der Waals surface area (Å²) in [6.07, 6.45) is 2.33. The van der Waals surface area contributed by atoms with Crippen LogP contribution in [0.5, 0.6) is 0 Å². The highest BCUT2D eigenvalue weighted by Gasteiger charge is 2.27. The molecule has 17 heavy (non-hydrogen) atoms. The summed E-state index contributed by atoms with van der Waals surface area (Å²) >= 11 is 5.99. The highest BCUT2D eigenvalue weighted by Crippen LogP contribution is 2.32. The number of nitrogens with zero attached hydrogens (tertiary/aromatic N) is 1. The Hall–Kier alpha value is -1.22. The fourth-order valence-corrected chi connectivity index (χ4v) is 2.80. The topological polar surface area (TPSA) is 40.5 Å². The Bertz CT molecular complexity index is 437. The second-order valence-corrected chi connectivity index (χ2v) is 5.06. The maximum atomic E-state index is 10.9. The van der Waals surface area contributed by atoms with Crippen molar-refractivity contribution in [1.29, 1.82) is 0 Å². The van der Waals surface area contributed by atoms with E-state index in [0.717, 1.165) is 5.69 Å². The van der Waals surface area contributed by atoms with E-state index in [1.54, 1.807) is 12.1 Å². The van der Waals surface area contributed by atoms with E-state index in [9.17, 15) is 4.79 Å². The molecule has 0 amide bonds. The van der Waals surface area contributed by atoms with Crippen LogP contribution in [0.4, 0.5) is 5.69 Å². The van der Waals surface area contributed by atoms with E-state index in [4.69, 9.17) is 16.7 Å². The SMILES string of the molecule is CC1CCC(C)N1c1ccc(C(=O)O)c(Cl)c1. The third kappa shape index (κ3) is 2.25. The van der Waals surface area contributed by atoms with Gasteiger partial charge in [0.15, 0.2) is 0 Å². The molecule has 1 aliphatic rings. The second-order valence-electron chi connectivity index (χ2n) is 4.65. The summed E-state index contributed by atoms with van der Waals surface area (Å²) in [6, 6.07) is 6.14. The van der Waals surface area contributed by atoms with E-state index >= 15 is 0 Å². The van der Waals surface area contributed by atoms with Gasteiger partial charge in [-0.2, -0.15) is 0 Å². The highest BCUT2D eigenvalue weighted by molar-refractivity contribution is 6.33. The van der Waals surface area contributed by atoms with Gasteiger partial charge in [-0.05, 0) is 44.9 Å². The Morgan fingerprint density at radius 3 is 2.41 bits per heavy atom. The van der Waals surface area contributed by atoms with Crippen molar-refractivity contribution in [1.82, 2.24) is 0 Å². The van der Waals surface area contributed by atoms with Gasteiger partial charge in [0, 0.05) is 17.8 Å². The zero-order chi connectivity index (χ0) is 12.6. The van der Waals surface area contributed by atoms with Crippen molar-refractivity contribution in [2.75, 3.05) is 4.90 Å². The number of carbonyl (C=O) groups is 1. The molecule has 0 saturated carbocycles. The predicted molar refractivity (Wildman–Crippen MR) is 69.0 cm³/mol. The van der Waals surface area contributed by atoms with Crippen molar-refractivity contribution in [3.63, 3.8) is 0 Å². The zero-order valence-electron chi connectivity index (χ0n) is 9.98. The number of anilines is 1. The Balaban J connectivity index is 2.34. The molecule has 1 heterocycles. The largest absolute Gasteiger partial charge is 0.478 e. The molecule has 0 radical (unpaired) electrons. The lowest BCUT2D eigenvalue weighted by Crippen LogP contribution is -2.32. The first-order valence-corrected chi connectivity index (χ1v) is 6.19. The van der Waals surface area contributed by atoms with Gasteiger partial charge in [-0.3, -0.25) is 0 Å². The summed E-state index contributed by atoms with van der Waals surface area (Å²) < 4.78 is 0. The van der Waals surface area contributed by atoms with E-state index in [-0.39, 0.29) is 5.56 Å². The molecule has 3 nitrogen and oxygen atoms in total. The molecular weight excluding hydrogens is 238 g/mol. The van der Waals surface area contributed by atoms with Crippen LogP contribution < -0.4 is 4.90 Å². The van der Waals surface area contributed by atoms with Crippen LogP contribution in [0.1, 0.15) is 37.0 Å². The minimum absolute atomic E-state index is 0.162. The third-order valence-electron chi connectivity index (χ3n) is 3.43. The van der Waals surface area contributed by atoms with Crippen LogP contribution in [0.3, 0.4) is 0 Å². The first-order valence-electron chi connectivity index (χ1n) is 5.82. The summed E-state index contributed by atoms with van der Waals surface area (Å²) in [4.78, 5) is 13.2. The fraction of sp³-hybridized carbons (Fsp3) is 0.462. The average molecular weight is 254 g/mol. The summed E-state index contributed by atoms with van der Waals surface area (Å²) in [5.74, 6) is -0.982. The van der Waals surface area contributed by atoms with Crippen LogP contribution in [-0.2, 0) is 0 Å². The van der Waals surface area contributed by atoms with Crippen LogP contribution >= 0.6 is 11.6 Å². The molecule has 2 unspecified atom stereocenters. The zero-order valence-corrected chi connectivity index (χ0v) is 10.7. The quantitative estimate of drug-likeness (QED) is 0.878. The number of hydrogen-bond donors (Lipinski definition) is 1. The third-order valence-corrected chi connectivity index (χ3v) is 3.75. The predicted octanol–water partition coefficient (Wildman–Crippen LogP) is 3.42. The number of halogens is 1. The molecule has 4 heteroatoms. The fourth-order valence-electron chi connectivity index (χ4n) is 2.54. The summed E-state index contributed by atoms with van der Waals surface area (Å²) in [5, 5.41) is 9.23. The van der Waals surface area contributed by atoms with Crippen LogP contribution in [0, 0.1) is 0 Å². The van der Waals surface area contributed by atoms with Crippen LogP contribution in [0.15, 0.2) is 18.2 Å². The number of aromatic carboxylic acids is 1. The van der Waals surface area contributed by atoms with Gasteiger partial charge in [-0.25, -0.2) is 4.79 Å². The van der Waals surface area contributed by atoms with Crippen LogP contribution in [-0.4, -0.2) is 23.2 Å². The molecular formula is C13H16ClNO2. The maximum Gasteiger partial charge on any atom is 0.337 e.